The molecule has 0 unspecified atom stereocenters. The molecule has 0 heterocycles. The molecule has 0 saturated heterocycles. The Bertz CT molecular complexity index is 425. The third-order valence-corrected chi connectivity index (χ3v) is 2.18. The number of aryl methyl sites for hydroxylation is 1. The fourth-order valence-corrected chi connectivity index (χ4v) is 1.41. The summed E-state index contributed by atoms with van der Waals surface area (Å²) in [5, 5.41) is 2.49. The zero-order valence-electron chi connectivity index (χ0n) is 9.05. The number of Topliss-reactive ketones (excluding diaryl/α,β-unsaturated/α-hetero) is 1. The quantitative estimate of drug-likeness (QED) is 0.563. The maximum absolute atomic E-state index is 11.5. The highest BCUT2D eigenvalue weighted by Crippen LogP contribution is 2.20. The minimum absolute atomic E-state index is 0.138. The van der Waals surface area contributed by atoms with Crippen LogP contribution in [0.1, 0.15) is 33.2 Å². The van der Waals surface area contributed by atoms with Crippen molar-refractivity contribution >= 4 is 17.4 Å². The Labute approximate surface area is 88.5 Å². The smallest absolute Gasteiger partial charge is 0.253 e. The van der Waals surface area contributed by atoms with Crippen LogP contribution >= 0.6 is 0 Å². The van der Waals surface area contributed by atoms with Crippen LogP contribution in [0.15, 0.2) is 12.1 Å². The second-order valence-electron chi connectivity index (χ2n) is 3.41. The van der Waals surface area contributed by atoms with Crippen LogP contribution in [0.2, 0.25) is 0 Å². The first-order valence-corrected chi connectivity index (χ1v) is 4.60. The van der Waals surface area contributed by atoms with E-state index in [1.165, 1.54) is 14.0 Å². The third kappa shape index (κ3) is 2.15. The van der Waals surface area contributed by atoms with Crippen molar-refractivity contribution in [2.75, 3.05) is 12.8 Å². The molecule has 0 spiro atoms. The standard InChI is InChI=1S/C11H14N2O2/c1-6-4-8(7(2)14)10(12)9(5-6)11(15)13-3/h4-5H,12H2,1-3H3,(H,13,15). The number of anilines is 1. The van der Waals surface area contributed by atoms with Crippen LogP contribution in [0.5, 0.6) is 0 Å². The summed E-state index contributed by atoms with van der Waals surface area (Å²) in [7, 11) is 1.53. The lowest BCUT2D eigenvalue weighted by Gasteiger charge is -2.09. The van der Waals surface area contributed by atoms with Crippen LogP contribution in [0.25, 0.3) is 0 Å². The summed E-state index contributed by atoms with van der Waals surface area (Å²) in [6.45, 7) is 3.25. The highest BCUT2D eigenvalue weighted by atomic mass is 16.1. The van der Waals surface area contributed by atoms with Crippen molar-refractivity contribution in [1.29, 1.82) is 0 Å². The fraction of sp³-hybridized carbons (Fsp3) is 0.273. The summed E-state index contributed by atoms with van der Waals surface area (Å²) in [4.78, 5) is 22.7. The first-order valence-electron chi connectivity index (χ1n) is 4.60. The lowest BCUT2D eigenvalue weighted by atomic mass is 10.0. The average molecular weight is 206 g/mol. The van der Waals surface area contributed by atoms with Gasteiger partial charge in [-0.1, -0.05) is 0 Å². The van der Waals surface area contributed by atoms with Gasteiger partial charge in [-0.2, -0.15) is 0 Å². The molecule has 0 aliphatic carbocycles. The largest absolute Gasteiger partial charge is 0.397 e. The van der Waals surface area contributed by atoms with Crippen LogP contribution in [0.3, 0.4) is 0 Å². The van der Waals surface area contributed by atoms with Gasteiger partial charge in [-0.15, -0.1) is 0 Å². The van der Waals surface area contributed by atoms with E-state index in [0.717, 1.165) is 5.56 Å². The molecule has 0 aliphatic heterocycles. The van der Waals surface area contributed by atoms with Crippen LogP contribution in [0, 0.1) is 6.92 Å². The predicted molar refractivity (Wildman–Crippen MR) is 59.0 cm³/mol. The molecule has 1 rings (SSSR count). The molecule has 0 saturated carbocycles. The van der Waals surface area contributed by atoms with E-state index in [0.29, 0.717) is 11.1 Å². The average Bonchev–Trinajstić information content (AvgIpc) is 2.19. The van der Waals surface area contributed by atoms with Crippen molar-refractivity contribution in [3.8, 4) is 0 Å². The van der Waals surface area contributed by atoms with Gasteiger partial charge in [-0.3, -0.25) is 9.59 Å². The van der Waals surface area contributed by atoms with E-state index in [-0.39, 0.29) is 17.4 Å². The molecule has 4 heteroatoms. The first kappa shape index (κ1) is 11.2. The SMILES string of the molecule is CNC(=O)c1cc(C)cc(C(C)=O)c1N. The van der Waals surface area contributed by atoms with Gasteiger partial charge in [-0.05, 0) is 31.5 Å². The van der Waals surface area contributed by atoms with Gasteiger partial charge in [-0.25, -0.2) is 0 Å². The molecule has 0 fully saturated rings. The van der Waals surface area contributed by atoms with Crippen LogP contribution in [-0.4, -0.2) is 18.7 Å². The molecule has 0 bridgehead atoms. The number of rotatable bonds is 2. The topological polar surface area (TPSA) is 72.2 Å². The number of hydrogen-bond acceptors (Lipinski definition) is 3. The number of benzene rings is 1. The highest BCUT2D eigenvalue weighted by molar-refractivity contribution is 6.07. The molecule has 1 aromatic carbocycles. The fourth-order valence-electron chi connectivity index (χ4n) is 1.41. The van der Waals surface area contributed by atoms with Gasteiger partial charge >= 0.3 is 0 Å². The van der Waals surface area contributed by atoms with E-state index in [1.54, 1.807) is 12.1 Å². The molecule has 0 aliphatic rings. The van der Waals surface area contributed by atoms with Crippen LogP contribution < -0.4 is 11.1 Å². The molecule has 1 aromatic rings. The number of ketones is 1. The maximum atomic E-state index is 11.5. The zero-order valence-corrected chi connectivity index (χ0v) is 9.05. The first-order chi connectivity index (χ1) is 6.97. The number of carbonyl (C=O) groups excluding carboxylic acids is 2. The number of nitrogens with two attached hydrogens (primary N) is 1. The Morgan fingerprint density at radius 2 is 1.80 bits per heavy atom. The summed E-state index contributed by atoms with van der Waals surface area (Å²) in [5.41, 5.74) is 7.58. The van der Waals surface area contributed by atoms with Crippen molar-refractivity contribution in [3.05, 3.63) is 28.8 Å². The van der Waals surface area contributed by atoms with Gasteiger partial charge < -0.3 is 11.1 Å². The molecule has 0 atom stereocenters. The summed E-state index contributed by atoms with van der Waals surface area (Å²) in [5.74, 6) is -0.417. The summed E-state index contributed by atoms with van der Waals surface area (Å²) in [6.07, 6.45) is 0. The van der Waals surface area contributed by atoms with Crippen molar-refractivity contribution in [3.63, 3.8) is 0 Å². The Morgan fingerprint density at radius 1 is 1.27 bits per heavy atom. The van der Waals surface area contributed by atoms with E-state index in [1.807, 2.05) is 6.92 Å². The van der Waals surface area contributed by atoms with E-state index < -0.39 is 0 Å². The Balaban J connectivity index is 3.41. The van der Waals surface area contributed by atoms with Gasteiger partial charge in [0, 0.05) is 12.6 Å². The molecular formula is C11H14N2O2. The lowest BCUT2D eigenvalue weighted by Crippen LogP contribution is -2.20. The Morgan fingerprint density at radius 3 is 2.27 bits per heavy atom. The van der Waals surface area contributed by atoms with E-state index in [2.05, 4.69) is 5.32 Å². The molecule has 1 amide bonds. The summed E-state index contributed by atoms with van der Waals surface area (Å²) < 4.78 is 0. The Hall–Kier alpha value is -1.84. The summed E-state index contributed by atoms with van der Waals surface area (Å²) in [6, 6.07) is 3.35. The van der Waals surface area contributed by atoms with E-state index in [4.69, 9.17) is 5.73 Å². The number of nitrogen functional groups attached to an aromatic ring is 1. The minimum Gasteiger partial charge on any atom is -0.397 e. The lowest BCUT2D eigenvalue weighted by molar-refractivity contribution is 0.0964. The number of nitrogens with one attached hydrogen (secondary N) is 1. The van der Waals surface area contributed by atoms with Crippen molar-refractivity contribution in [2.45, 2.75) is 13.8 Å². The molecule has 80 valence electrons. The number of carbonyl (C=O) groups is 2. The number of hydrogen-bond donors (Lipinski definition) is 2. The van der Waals surface area contributed by atoms with Crippen LogP contribution in [0.4, 0.5) is 5.69 Å². The van der Waals surface area contributed by atoms with Gasteiger partial charge in [0.15, 0.2) is 5.78 Å². The van der Waals surface area contributed by atoms with Gasteiger partial charge in [0.2, 0.25) is 0 Å². The van der Waals surface area contributed by atoms with Gasteiger partial charge in [0.05, 0.1) is 11.3 Å². The molecule has 3 N–H and O–H groups in total. The second kappa shape index (κ2) is 4.13. The zero-order chi connectivity index (χ0) is 11.6. The molecule has 0 radical (unpaired) electrons. The van der Waals surface area contributed by atoms with Crippen molar-refractivity contribution in [1.82, 2.24) is 5.32 Å². The third-order valence-electron chi connectivity index (χ3n) is 2.18. The van der Waals surface area contributed by atoms with E-state index in [9.17, 15) is 9.59 Å². The van der Waals surface area contributed by atoms with Gasteiger partial charge in [0.25, 0.3) is 5.91 Å². The van der Waals surface area contributed by atoms with Gasteiger partial charge in [0.1, 0.15) is 0 Å². The van der Waals surface area contributed by atoms with Crippen molar-refractivity contribution < 1.29 is 9.59 Å². The molecule has 0 aromatic heterocycles. The van der Waals surface area contributed by atoms with Crippen molar-refractivity contribution in [2.24, 2.45) is 0 Å². The predicted octanol–water partition coefficient (Wildman–Crippen LogP) is 1.14. The second-order valence-corrected chi connectivity index (χ2v) is 3.41. The summed E-state index contributed by atoms with van der Waals surface area (Å²) >= 11 is 0. The van der Waals surface area contributed by atoms with Crippen LogP contribution in [-0.2, 0) is 0 Å². The monoisotopic (exact) mass is 206 g/mol. The van der Waals surface area contributed by atoms with E-state index >= 15 is 0 Å². The minimum atomic E-state index is -0.279. The molecular weight excluding hydrogens is 192 g/mol. The molecule has 15 heavy (non-hydrogen) atoms. The maximum Gasteiger partial charge on any atom is 0.253 e. The molecule has 4 nitrogen and oxygen atoms in total. The highest BCUT2D eigenvalue weighted by Gasteiger charge is 2.14. The Kier molecular flexibility index (Phi) is 3.09. The number of amides is 1. The normalized spacial score (nSPS) is 9.80.